The smallest absolute Gasteiger partial charge is 0.187 e. The Morgan fingerprint density at radius 3 is 1.09 bits per heavy atom. The normalized spacial score (nSPS) is 53.2. The minimum absolute atomic E-state index is 0.707. The van der Waals surface area contributed by atoms with Crippen LogP contribution in [0.2, 0.25) is 0 Å². The van der Waals surface area contributed by atoms with Crippen molar-refractivity contribution in [1.82, 2.24) is 0 Å². The maximum atomic E-state index is 11.2. The highest BCUT2D eigenvalue weighted by Crippen LogP contribution is 2.32. The van der Waals surface area contributed by atoms with Gasteiger partial charge in [-0.2, -0.15) is 0 Å². The summed E-state index contributed by atoms with van der Waals surface area (Å²) in [6.45, 7) is -3.94. The Hall–Kier alpha value is -1.04. The molecule has 1 unspecified atom stereocenters. The van der Waals surface area contributed by atoms with Gasteiger partial charge in [-0.3, -0.25) is 0 Å². The molecule has 5 heterocycles. The molecule has 0 radical (unpaired) electrons. The Bertz CT molecular complexity index is 1200. The fraction of sp³-hybridized carbons (Fsp3) is 1.00. The summed E-state index contributed by atoms with van der Waals surface area (Å²) in [6, 6.07) is 0. The molecule has 26 nitrogen and oxygen atoms in total. The lowest BCUT2D eigenvalue weighted by Crippen LogP contribution is -2.65. The quantitative estimate of drug-likeness (QED) is 0.0819. The molecule has 26 heteroatoms. The molecule has 0 aromatic heterocycles. The number of ether oxygens (including phenoxy) is 9. The van der Waals surface area contributed by atoms with Crippen LogP contribution in [0.25, 0.3) is 0 Å². The van der Waals surface area contributed by atoms with Crippen LogP contribution in [0.4, 0.5) is 0 Å². The molecule has 25 atom stereocenters. The fourth-order valence-electron chi connectivity index (χ4n) is 6.69. The highest BCUT2D eigenvalue weighted by molar-refractivity contribution is 4.96. The van der Waals surface area contributed by atoms with E-state index in [1.165, 1.54) is 0 Å². The third-order valence-corrected chi connectivity index (χ3v) is 10.3. The molecule has 5 saturated heterocycles. The first-order valence-corrected chi connectivity index (χ1v) is 17.6. The molecular weight excluding hydrogens is 776 g/mol. The Morgan fingerprint density at radius 2 is 0.625 bits per heavy atom. The van der Waals surface area contributed by atoms with Gasteiger partial charge in [0, 0.05) is 0 Å². The van der Waals surface area contributed by atoms with Gasteiger partial charge in [0.05, 0.1) is 33.0 Å². The van der Waals surface area contributed by atoms with Crippen LogP contribution in [0.3, 0.4) is 0 Å². The molecule has 5 aliphatic rings. The third-order valence-electron chi connectivity index (χ3n) is 10.3. The second kappa shape index (κ2) is 19.6. The minimum Gasteiger partial charge on any atom is -0.394 e. The van der Waals surface area contributed by atoms with Crippen LogP contribution in [0.5, 0.6) is 0 Å². The van der Waals surface area contributed by atoms with E-state index in [2.05, 4.69) is 0 Å². The Labute approximate surface area is 316 Å². The topological polar surface area (TPSA) is 427 Å². The number of hydrogen-bond donors (Lipinski definition) is 17. The van der Waals surface area contributed by atoms with Crippen molar-refractivity contribution < 1.29 is 129 Å². The van der Waals surface area contributed by atoms with Gasteiger partial charge in [-0.1, -0.05) is 0 Å². The summed E-state index contributed by atoms with van der Waals surface area (Å²) in [7, 11) is 0. The van der Waals surface area contributed by atoms with E-state index >= 15 is 0 Å². The summed E-state index contributed by atoms with van der Waals surface area (Å²) in [5.41, 5.74) is 0. The van der Waals surface area contributed by atoms with Gasteiger partial charge in [0.15, 0.2) is 31.5 Å². The average molecular weight is 829 g/mol. The molecule has 0 aromatic carbocycles. The zero-order chi connectivity index (χ0) is 41.3. The summed E-state index contributed by atoms with van der Waals surface area (Å²) < 4.78 is 49.2. The Balaban J connectivity index is 1.30. The summed E-state index contributed by atoms with van der Waals surface area (Å²) >= 11 is 0. The Kier molecular flexibility index (Phi) is 16.1. The lowest BCUT2D eigenvalue weighted by atomic mass is 9.97. The molecule has 0 aromatic rings. The summed E-state index contributed by atoms with van der Waals surface area (Å²) in [5.74, 6) is 0. The van der Waals surface area contributed by atoms with Crippen LogP contribution < -0.4 is 0 Å². The van der Waals surface area contributed by atoms with E-state index in [-0.39, 0.29) is 0 Å². The average Bonchev–Trinajstić information content (AvgIpc) is 3.18. The summed E-state index contributed by atoms with van der Waals surface area (Å²) in [4.78, 5) is 0. The van der Waals surface area contributed by atoms with Gasteiger partial charge in [-0.15, -0.1) is 0 Å². The van der Waals surface area contributed by atoms with Crippen LogP contribution in [-0.2, 0) is 42.6 Å². The van der Waals surface area contributed by atoms with Crippen molar-refractivity contribution in [2.24, 2.45) is 0 Å². The molecule has 0 aliphatic carbocycles. The molecule has 5 fully saturated rings. The lowest BCUT2D eigenvalue weighted by molar-refractivity contribution is -0.378. The standard InChI is InChI=1S/C30H52O26/c31-1-6-11(33)17(39)22(44)27(52-6)49-4-10-15(37)20(42)25(56-29-24(46)18(40)12(34)7(2-32)53-29)30(55-10)50-5-9-14(36)19(41)23(45)28(54-9)48-3-8-13(35)16(38)21(43)26(47)51-8/h6-47H,1-5H2/t6-,7-,8-,9-,10-,11-,12-,13-,14-,15-,16+,17+,18+,19+,20+,21-,22-,23-,24-,25-,26?,27+,28+,29-,30+/m1/s1. The molecule has 0 saturated carbocycles. The van der Waals surface area contributed by atoms with Gasteiger partial charge < -0.3 is 129 Å². The van der Waals surface area contributed by atoms with E-state index in [1.807, 2.05) is 0 Å². The number of aliphatic hydroxyl groups is 17. The van der Waals surface area contributed by atoms with E-state index in [0.717, 1.165) is 0 Å². The Morgan fingerprint density at radius 1 is 0.304 bits per heavy atom. The van der Waals surface area contributed by atoms with Gasteiger partial charge in [-0.05, 0) is 0 Å². The van der Waals surface area contributed by atoms with E-state index in [4.69, 9.17) is 42.6 Å². The van der Waals surface area contributed by atoms with Crippen molar-refractivity contribution in [3.63, 3.8) is 0 Å². The van der Waals surface area contributed by atoms with Gasteiger partial charge >= 0.3 is 0 Å². The number of rotatable bonds is 13. The van der Waals surface area contributed by atoms with E-state index < -0.39 is 187 Å². The van der Waals surface area contributed by atoms with Crippen molar-refractivity contribution in [3.8, 4) is 0 Å². The van der Waals surface area contributed by atoms with Crippen LogP contribution in [0.1, 0.15) is 0 Å². The van der Waals surface area contributed by atoms with E-state index in [0.29, 0.717) is 0 Å². The first-order valence-electron chi connectivity index (χ1n) is 17.6. The van der Waals surface area contributed by atoms with Gasteiger partial charge in [0.1, 0.15) is 122 Å². The minimum atomic E-state index is -2.06. The molecule has 0 amide bonds. The van der Waals surface area contributed by atoms with Crippen molar-refractivity contribution in [2.75, 3.05) is 33.0 Å². The highest BCUT2D eigenvalue weighted by atomic mass is 16.8. The predicted octanol–water partition coefficient (Wildman–Crippen LogP) is -11.9. The molecule has 5 rings (SSSR count). The predicted molar refractivity (Wildman–Crippen MR) is 167 cm³/mol. The third kappa shape index (κ3) is 9.61. The molecule has 5 aliphatic heterocycles. The largest absolute Gasteiger partial charge is 0.394 e. The maximum absolute atomic E-state index is 11.2. The summed E-state index contributed by atoms with van der Waals surface area (Å²) in [6.07, 6.45) is -45.3. The lowest BCUT2D eigenvalue weighted by Gasteiger charge is -2.47. The number of aliphatic hydroxyl groups excluding tert-OH is 17. The first-order chi connectivity index (χ1) is 26.4. The van der Waals surface area contributed by atoms with Crippen molar-refractivity contribution >= 4 is 0 Å². The number of hydrogen-bond acceptors (Lipinski definition) is 26. The van der Waals surface area contributed by atoms with Crippen molar-refractivity contribution in [3.05, 3.63) is 0 Å². The molecule has 328 valence electrons. The van der Waals surface area contributed by atoms with Gasteiger partial charge in [-0.25, -0.2) is 0 Å². The molecular formula is C30H52O26. The van der Waals surface area contributed by atoms with Crippen LogP contribution >= 0.6 is 0 Å². The van der Waals surface area contributed by atoms with Crippen LogP contribution in [0, 0.1) is 0 Å². The van der Waals surface area contributed by atoms with E-state index in [1.54, 1.807) is 0 Å². The van der Waals surface area contributed by atoms with Crippen molar-refractivity contribution in [1.29, 1.82) is 0 Å². The van der Waals surface area contributed by atoms with Crippen molar-refractivity contribution in [2.45, 2.75) is 154 Å². The molecule has 56 heavy (non-hydrogen) atoms. The zero-order valence-electron chi connectivity index (χ0n) is 29.2. The van der Waals surface area contributed by atoms with Gasteiger partial charge in [0.2, 0.25) is 0 Å². The van der Waals surface area contributed by atoms with Gasteiger partial charge in [0.25, 0.3) is 0 Å². The van der Waals surface area contributed by atoms with E-state index in [9.17, 15) is 86.8 Å². The highest BCUT2D eigenvalue weighted by Gasteiger charge is 2.53. The van der Waals surface area contributed by atoms with Crippen LogP contribution in [0.15, 0.2) is 0 Å². The second-order valence-electron chi connectivity index (χ2n) is 14.1. The molecule has 17 N–H and O–H groups in total. The second-order valence-corrected chi connectivity index (χ2v) is 14.1. The first kappa shape index (κ1) is 46.0. The zero-order valence-corrected chi connectivity index (χ0v) is 29.2. The SMILES string of the molecule is OC[C@H]1O[C@H](OC[C@H]2O[C@H](OC[C@H]3O[C@H](OC[C@H]4OC(O)[C@H](O)[C@@H](O)[C@@H]4O)[C@H](O)[C@@H](O)[C@@H]3O)[C@H](O[C@H]3O[C@H](CO)[C@@H](O)[C@H](O)[C@H]3O)[C@@H](O)[C@@H]2O)[C@H](O)[C@@H](O)[C@@H]1O. The maximum Gasteiger partial charge on any atom is 0.187 e. The fourth-order valence-corrected chi connectivity index (χ4v) is 6.69. The van der Waals surface area contributed by atoms with Crippen LogP contribution in [-0.4, -0.2) is 273 Å². The molecule has 0 spiro atoms. The summed E-state index contributed by atoms with van der Waals surface area (Å²) in [5, 5.41) is 174. The monoisotopic (exact) mass is 828 g/mol. The molecule has 0 bridgehead atoms.